The molecule has 0 aliphatic heterocycles. The smallest absolute Gasteiger partial charge is 0.194 e. The number of benzene rings is 2. The average molecular weight is 246 g/mol. The summed E-state index contributed by atoms with van der Waals surface area (Å²) in [5, 5.41) is 9.48. The Hall–Kier alpha value is -2.36. The van der Waals surface area contributed by atoms with E-state index in [1.54, 1.807) is 0 Å². The molecule has 0 saturated heterocycles. The number of phenolic OH excluding ortho intramolecular Hbond substituents is 1. The fourth-order valence-electron chi connectivity index (χ4n) is 1.51. The summed E-state index contributed by atoms with van der Waals surface area (Å²) >= 11 is 0. The van der Waals surface area contributed by atoms with E-state index in [2.05, 4.69) is 0 Å². The SMILES string of the molecule is O=Cc1cc(F)c(O)c(OCc2ccccc2)c1. The van der Waals surface area contributed by atoms with Crippen LogP contribution in [0.2, 0.25) is 0 Å². The van der Waals surface area contributed by atoms with Crippen LogP contribution in [0.15, 0.2) is 42.5 Å². The summed E-state index contributed by atoms with van der Waals surface area (Å²) in [6.45, 7) is 0.191. The first-order valence-electron chi connectivity index (χ1n) is 5.35. The standard InChI is InChI=1S/C14H11FO3/c15-12-6-11(8-16)7-13(14(12)17)18-9-10-4-2-1-3-5-10/h1-8,17H,9H2. The second-order valence-corrected chi connectivity index (χ2v) is 3.74. The molecule has 0 heterocycles. The van der Waals surface area contributed by atoms with Gasteiger partial charge in [0, 0.05) is 5.56 Å². The number of phenols is 1. The Kier molecular flexibility index (Phi) is 3.57. The lowest BCUT2D eigenvalue weighted by atomic mass is 10.2. The van der Waals surface area contributed by atoms with Crippen molar-refractivity contribution >= 4 is 6.29 Å². The lowest BCUT2D eigenvalue weighted by Crippen LogP contribution is -1.97. The third kappa shape index (κ3) is 2.66. The Balaban J connectivity index is 2.19. The average Bonchev–Trinajstić information content (AvgIpc) is 2.41. The van der Waals surface area contributed by atoms with Crippen LogP contribution in [0.25, 0.3) is 0 Å². The highest BCUT2D eigenvalue weighted by Gasteiger charge is 2.11. The van der Waals surface area contributed by atoms with Gasteiger partial charge in [-0.1, -0.05) is 30.3 Å². The van der Waals surface area contributed by atoms with Crippen molar-refractivity contribution in [2.24, 2.45) is 0 Å². The number of halogens is 1. The lowest BCUT2D eigenvalue weighted by molar-refractivity contribution is 0.112. The van der Waals surface area contributed by atoms with E-state index in [9.17, 15) is 14.3 Å². The second-order valence-electron chi connectivity index (χ2n) is 3.74. The molecule has 0 spiro atoms. The number of hydrogen-bond acceptors (Lipinski definition) is 3. The molecule has 0 fully saturated rings. The quantitative estimate of drug-likeness (QED) is 0.844. The Morgan fingerprint density at radius 1 is 1.22 bits per heavy atom. The molecule has 0 radical (unpaired) electrons. The third-order valence-electron chi connectivity index (χ3n) is 2.42. The summed E-state index contributed by atoms with van der Waals surface area (Å²) in [7, 11) is 0. The first-order chi connectivity index (χ1) is 8.70. The normalized spacial score (nSPS) is 10.1. The number of carbonyl (C=O) groups is 1. The molecule has 3 nitrogen and oxygen atoms in total. The van der Waals surface area contributed by atoms with Crippen LogP contribution in [-0.4, -0.2) is 11.4 Å². The van der Waals surface area contributed by atoms with Crippen molar-refractivity contribution in [3.05, 3.63) is 59.4 Å². The molecule has 18 heavy (non-hydrogen) atoms. The molecular formula is C14H11FO3. The number of rotatable bonds is 4. The van der Waals surface area contributed by atoms with Gasteiger partial charge in [0.1, 0.15) is 12.9 Å². The van der Waals surface area contributed by atoms with Crippen molar-refractivity contribution in [2.75, 3.05) is 0 Å². The van der Waals surface area contributed by atoms with Crippen LogP contribution in [0.1, 0.15) is 15.9 Å². The predicted molar refractivity (Wildman–Crippen MR) is 64.2 cm³/mol. The highest BCUT2D eigenvalue weighted by atomic mass is 19.1. The third-order valence-corrected chi connectivity index (χ3v) is 2.42. The number of aldehydes is 1. The minimum absolute atomic E-state index is 0.0408. The van der Waals surface area contributed by atoms with Crippen LogP contribution in [0, 0.1) is 5.82 Å². The summed E-state index contributed by atoms with van der Waals surface area (Å²) in [6, 6.07) is 11.5. The van der Waals surface area contributed by atoms with Gasteiger partial charge in [-0.3, -0.25) is 4.79 Å². The van der Waals surface area contributed by atoms with Gasteiger partial charge < -0.3 is 9.84 Å². The fraction of sp³-hybridized carbons (Fsp3) is 0.0714. The molecule has 0 aliphatic carbocycles. The van der Waals surface area contributed by atoms with Gasteiger partial charge in [-0.2, -0.15) is 0 Å². The first kappa shape index (κ1) is 12.1. The zero-order chi connectivity index (χ0) is 13.0. The van der Waals surface area contributed by atoms with E-state index in [0.29, 0.717) is 6.29 Å². The van der Waals surface area contributed by atoms with Gasteiger partial charge in [0.2, 0.25) is 0 Å². The molecule has 2 aromatic rings. The molecule has 92 valence electrons. The Morgan fingerprint density at radius 3 is 2.61 bits per heavy atom. The Labute approximate surface area is 103 Å². The van der Waals surface area contributed by atoms with Gasteiger partial charge in [0.15, 0.2) is 17.3 Å². The van der Waals surface area contributed by atoms with Crippen molar-refractivity contribution < 1.29 is 19.0 Å². The zero-order valence-electron chi connectivity index (χ0n) is 9.47. The van der Waals surface area contributed by atoms with E-state index >= 15 is 0 Å². The van der Waals surface area contributed by atoms with Crippen LogP contribution in [-0.2, 0) is 6.61 Å². The van der Waals surface area contributed by atoms with E-state index in [1.165, 1.54) is 6.07 Å². The number of carbonyl (C=O) groups excluding carboxylic acids is 1. The molecule has 2 aromatic carbocycles. The van der Waals surface area contributed by atoms with Gasteiger partial charge in [0.05, 0.1) is 0 Å². The maximum absolute atomic E-state index is 13.3. The van der Waals surface area contributed by atoms with E-state index in [4.69, 9.17) is 4.74 Å². The molecule has 0 aliphatic rings. The maximum atomic E-state index is 13.3. The van der Waals surface area contributed by atoms with E-state index in [1.807, 2.05) is 30.3 Å². The highest BCUT2D eigenvalue weighted by molar-refractivity contribution is 5.76. The monoisotopic (exact) mass is 246 g/mol. The van der Waals surface area contributed by atoms with Crippen molar-refractivity contribution in [1.82, 2.24) is 0 Å². The van der Waals surface area contributed by atoms with Gasteiger partial charge >= 0.3 is 0 Å². The number of aromatic hydroxyl groups is 1. The van der Waals surface area contributed by atoms with Crippen LogP contribution >= 0.6 is 0 Å². The lowest BCUT2D eigenvalue weighted by Gasteiger charge is -2.09. The molecule has 2 rings (SSSR count). The fourth-order valence-corrected chi connectivity index (χ4v) is 1.51. The predicted octanol–water partition coefficient (Wildman–Crippen LogP) is 2.92. The molecule has 0 aromatic heterocycles. The highest BCUT2D eigenvalue weighted by Crippen LogP contribution is 2.30. The molecule has 0 bridgehead atoms. The zero-order valence-corrected chi connectivity index (χ0v) is 9.47. The molecule has 0 atom stereocenters. The van der Waals surface area contributed by atoms with Gasteiger partial charge in [-0.05, 0) is 17.7 Å². The molecule has 0 unspecified atom stereocenters. The molecule has 0 amide bonds. The van der Waals surface area contributed by atoms with Crippen LogP contribution < -0.4 is 4.74 Å². The van der Waals surface area contributed by atoms with Crippen LogP contribution in [0.4, 0.5) is 4.39 Å². The molecule has 4 heteroatoms. The van der Waals surface area contributed by atoms with Crippen molar-refractivity contribution in [1.29, 1.82) is 0 Å². The molecule has 0 saturated carbocycles. The van der Waals surface area contributed by atoms with E-state index in [0.717, 1.165) is 11.6 Å². The number of ether oxygens (including phenoxy) is 1. The summed E-state index contributed by atoms with van der Waals surface area (Å²) in [5.41, 5.74) is 1.00. The Bertz CT molecular complexity index is 552. The minimum Gasteiger partial charge on any atom is -0.502 e. The second kappa shape index (κ2) is 5.31. The van der Waals surface area contributed by atoms with Gasteiger partial charge in [0.25, 0.3) is 0 Å². The van der Waals surface area contributed by atoms with Crippen molar-refractivity contribution in [2.45, 2.75) is 6.61 Å². The van der Waals surface area contributed by atoms with Crippen LogP contribution in [0.5, 0.6) is 11.5 Å². The van der Waals surface area contributed by atoms with Gasteiger partial charge in [-0.25, -0.2) is 4.39 Å². The van der Waals surface area contributed by atoms with Crippen LogP contribution in [0.3, 0.4) is 0 Å². The minimum atomic E-state index is -0.873. The Morgan fingerprint density at radius 2 is 1.94 bits per heavy atom. The summed E-state index contributed by atoms with van der Waals surface area (Å²) in [5.74, 6) is -1.50. The summed E-state index contributed by atoms with van der Waals surface area (Å²) < 4.78 is 18.6. The van der Waals surface area contributed by atoms with E-state index < -0.39 is 11.6 Å². The van der Waals surface area contributed by atoms with Gasteiger partial charge in [-0.15, -0.1) is 0 Å². The van der Waals surface area contributed by atoms with Crippen molar-refractivity contribution in [3.8, 4) is 11.5 Å². The largest absolute Gasteiger partial charge is 0.502 e. The van der Waals surface area contributed by atoms with E-state index in [-0.39, 0.29) is 17.9 Å². The topological polar surface area (TPSA) is 46.5 Å². The maximum Gasteiger partial charge on any atom is 0.194 e. The first-order valence-corrected chi connectivity index (χ1v) is 5.35. The van der Waals surface area contributed by atoms with Crippen molar-refractivity contribution in [3.63, 3.8) is 0 Å². The summed E-state index contributed by atoms with van der Waals surface area (Å²) in [6.07, 6.45) is 0.498. The molecular weight excluding hydrogens is 235 g/mol. The summed E-state index contributed by atoms with van der Waals surface area (Å²) in [4.78, 5) is 10.6. The number of hydrogen-bond donors (Lipinski definition) is 1. The molecule has 1 N–H and O–H groups in total.